The van der Waals surface area contributed by atoms with Crippen LogP contribution in [-0.4, -0.2) is 11.7 Å². The lowest BCUT2D eigenvalue weighted by Crippen LogP contribution is -2.33. The number of rotatable bonds is 6. The van der Waals surface area contributed by atoms with E-state index in [2.05, 4.69) is 157 Å². The molecule has 232 valence electrons. The summed E-state index contributed by atoms with van der Waals surface area (Å²) in [6.45, 7) is 0. The molecule has 0 saturated heterocycles. The van der Waals surface area contributed by atoms with Crippen LogP contribution in [0.15, 0.2) is 186 Å². The first-order chi connectivity index (χ1) is 24.2. The number of nitrogens with zero attached hydrogens (tertiary/aromatic N) is 2. The van der Waals surface area contributed by atoms with Gasteiger partial charge >= 0.3 is 0 Å². The van der Waals surface area contributed by atoms with Gasteiger partial charge in [0.2, 0.25) is 0 Å². The van der Waals surface area contributed by atoms with E-state index in [1.54, 1.807) is 0 Å². The van der Waals surface area contributed by atoms with Crippen LogP contribution in [-0.2, 0) is 0 Å². The summed E-state index contributed by atoms with van der Waals surface area (Å²) in [4.78, 5) is 10.0. The van der Waals surface area contributed by atoms with Gasteiger partial charge in [-0.05, 0) is 69.3 Å². The third-order valence-electron chi connectivity index (χ3n) is 9.13. The number of amidine groups is 2. The monoisotopic (exact) mass is 645 g/mol. The summed E-state index contributed by atoms with van der Waals surface area (Å²) >= 11 is 1.82. The number of hydrogen-bond donors (Lipinski definition) is 1. The predicted molar refractivity (Wildman–Crippen MR) is 207 cm³/mol. The molecule has 0 spiro atoms. The van der Waals surface area contributed by atoms with Gasteiger partial charge in [0, 0.05) is 31.3 Å². The van der Waals surface area contributed by atoms with Crippen LogP contribution >= 0.6 is 11.3 Å². The quantitative estimate of drug-likeness (QED) is 0.192. The van der Waals surface area contributed by atoms with Crippen LogP contribution < -0.4 is 5.32 Å². The SMILES string of the molecule is c1ccc(C2=NC(c3ccccc3)NC(c3ccc4c(c3)sc3ccc(-c5cccc(-c6cccc(-c7ccccc7)c6)c5)cc34)=N2)cc1. The van der Waals surface area contributed by atoms with Gasteiger partial charge in [-0.25, -0.2) is 9.98 Å². The van der Waals surface area contributed by atoms with Gasteiger partial charge in [0.1, 0.15) is 12.0 Å². The molecule has 1 aromatic heterocycles. The Hall–Kier alpha value is -6.10. The van der Waals surface area contributed by atoms with Gasteiger partial charge in [0.05, 0.1) is 0 Å². The molecule has 0 aliphatic carbocycles. The molecule has 2 heterocycles. The van der Waals surface area contributed by atoms with Crippen molar-refractivity contribution in [2.24, 2.45) is 9.98 Å². The summed E-state index contributed by atoms with van der Waals surface area (Å²) in [5.74, 6) is 1.56. The molecule has 7 aromatic carbocycles. The minimum Gasteiger partial charge on any atom is -0.344 e. The summed E-state index contributed by atoms with van der Waals surface area (Å²) in [6, 6.07) is 62.4. The lowest BCUT2D eigenvalue weighted by Gasteiger charge is -2.23. The topological polar surface area (TPSA) is 36.8 Å². The Morgan fingerprint density at radius 2 is 0.959 bits per heavy atom. The minimum absolute atomic E-state index is 0.221. The minimum atomic E-state index is -0.221. The summed E-state index contributed by atoms with van der Waals surface area (Å²) in [7, 11) is 0. The number of fused-ring (bicyclic) bond motifs is 3. The summed E-state index contributed by atoms with van der Waals surface area (Å²) in [5, 5.41) is 6.14. The van der Waals surface area contributed by atoms with E-state index in [9.17, 15) is 0 Å². The largest absolute Gasteiger partial charge is 0.344 e. The Kier molecular flexibility index (Phi) is 7.41. The van der Waals surface area contributed by atoms with Gasteiger partial charge in [-0.2, -0.15) is 0 Å². The Bertz CT molecular complexity index is 2510. The maximum absolute atomic E-state index is 5.03. The van der Waals surface area contributed by atoms with Crippen LogP contribution in [0.1, 0.15) is 22.9 Å². The second-order valence-corrected chi connectivity index (χ2v) is 13.4. The van der Waals surface area contributed by atoms with Crippen molar-refractivity contribution in [3.8, 4) is 33.4 Å². The average molecular weight is 646 g/mol. The van der Waals surface area contributed by atoms with E-state index in [-0.39, 0.29) is 6.17 Å². The first kappa shape index (κ1) is 29.1. The number of thiophene rings is 1. The zero-order valence-corrected chi connectivity index (χ0v) is 27.4. The van der Waals surface area contributed by atoms with E-state index in [0.717, 1.165) is 28.4 Å². The van der Waals surface area contributed by atoms with Crippen LogP contribution in [0, 0.1) is 0 Å². The normalized spacial score (nSPS) is 14.3. The molecule has 8 aromatic rings. The highest BCUT2D eigenvalue weighted by molar-refractivity contribution is 7.25. The molecule has 4 heteroatoms. The van der Waals surface area contributed by atoms with E-state index in [1.807, 2.05) is 35.6 Å². The molecule has 0 fully saturated rings. The second-order valence-electron chi connectivity index (χ2n) is 12.3. The lowest BCUT2D eigenvalue weighted by molar-refractivity contribution is 0.674. The van der Waals surface area contributed by atoms with Crippen molar-refractivity contribution >= 4 is 43.2 Å². The zero-order valence-electron chi connectivity index (χ0n) is 26.6. The Balaban J connectivity index is 1.06. The molecule has 3 nitrogen and oxygen atoms in total. The molecular formula is C45H31N3S. The molecule has 1 aliphatic rings. The predicted octanol–water partition coefficient (Wildman–Crippen LogP) is 11.6. The maximum Gasteiger partial charge on any atom is 0.159 e. The molecule has 1 N–H and O–H groups in total. The van der Waals surface area contributed by atoms with Crippen molar-refractivity contribution < 1.29 is 0 Å². The Morgan fingerprint density at radius 3 is 1.63 bits per heavy atom. The number of hydrogen-bond acceptors (Lipinski definition) is 4. The van der Waals surface area contributed by atoms with E-state index < -0.39 is 0 Å². The van der Waals surface area contributed by atoms with Crippen LogP contribution in [0.2, 0.25) is 0 Å². The van der Waals surface area contributed by atoms with Crippen molar-refractivity contribution in [2.75, 3.05) is 0 Å². The molecular weight excluding hydrogens is 615 g/mol. The number of aliphatic imine (C=N–C) groups is 2. The third kappa shape index (κ3) is 5.73. The molecule has 0 radical (unpaired) electrons. The van der Waals surface area contributed by atoms with E-state index >= 15 is 0 Å². The second kappa shape index (κ2) is 12.5. The zero-order chi connectivity index (χ0) is 32.6. The van der Waals surface area contributed by atoms with Crippen molar-refractivity contribution in [1.29, 1.82) is 0 Å². The van der Waals surface area contributed by atoms with Crippen molar-refractivity contribution in [1.82, 2.24) is 5.32 Å². The third-order valence-corrected chi connectivity index (χ3v) is 10.3. The number of nitrogens with one attached hydrogen (secondary N) is 1. The van der Waals surface area contributed by atoms with Crippen LogP contribution in [0.25, 0.3) is 53.6 Å². The van der Waals surface area contributed by atoms with Crippen molar-refractivity contribution in [3.63, 3.8) is 0 Å². The fourth-order valence-electron chi connectivity index (χ4n) is 6.61. The highest BCUT2D eigenvalue weighted by Gasteiger charge is 2.21. The standard InChI is InChI=1S/C45H31N3S/c1-4-12-30(13-5-1)33-18-10-19-34(26-33)35-20-11-21-36(27-35)37-23-25-41-40(28-37)39-24-22-38(29-42(39)49-41)45-47-43(31-14-6-2-7-15-31)46-44(48-45)32-16-8-3-9-17-32/h1-29,43H,(H,46,47,48). The molecule has 0 saturated carbocycles. The molecule has 0 bridgehead atoms. The highest BCUT2D eigenvalue weighted by atomic mass is 32.1. The highest BCUT2D eigenvalue weighted by Crippen LogP contribution is 2.38. The first-order valence-corrected chi connectivity index (χ1v) is 17.3. The fraction of sp³-hybridized carbons (Fsp3) is 0.0222. The maximum atomic E-state index is 5.03. The van der Waals surface area contributed by atoms with Crippen LogP contribution in [0.5, 0.6) is 0 Å². The van der Waals surface area contributed by atoms with Crippen LogP contribution in [0.4, 0.5) is 0 Å². The lowest BCUT2D eigenvalue weighted by atomic mass is 9.96. The number of benzene rings is 7. The van der Waals surface area contributed by atoms with E-state index in [1.165, 1.54) is 53.6 Å². The van der Waals surface area contributed by atoms with E-state index in [0.29, 0.717) is 0 Å². The molecule has 1 atom stereocenters. The molecule has 9 rings (SSSR count). The van der Waals surface area contributed by atoms with Gasteiger partial charge < -0.3 is 5.32 Å². The van der Waals surface area contributed by atoms with Crippen molar-refractivity contribution in [3.05, 3.63) is 193 Å². The first-order valence-electron chi connectivity index (χ1n) is 16.5. The molecule has 0 amide bonds. The average Bonchev–Trinajstić information content (AvgIpc) is 3.56. The van der Waals surface area contributed by atoms with Gasteiger partial charge in [-0.1, -0.05) is 146 Å². The van der Waals surface area contributed by atoms with Crippen LogP contribution in [0.3, 0.4) is 0 Å². The van der Waals surface area contributed by atoms with Gasteiger partial charge in [-0.15, -0.1) is 11.3 Å². The smallest absolute Gasteiger partial charge is 0.159 e. The molecule has 49 heavy (non-hydrogen) atoms. The van der Waals surface area contributed by atoms with E-state index in [4.69, 9.17) is 9.98 Å². The van der Waals surface area contributed by atoms with Crippen molar-refractivity contribution in [2.45, 2.75) is 6.17 Å². The summed E-state index contributed by atoms with van der Waals surface area (Å²) < 4.78 is 2.51. The molecule has 1 aliphatic heterocycles. The Labute approximate surface area is 289 Å². The molecule has 1 unspecified atom stereocenters. The van der Waals surface area contributed by atoms with Gasteiger partial charge in [-0.3, -0.25) is 0 Å². The Morgan fingerprint density at radius 1 is 0.408 bits per heavy atom. The van der Waals surface area contributed by atoms with Gasteiger partial charge in [0.15, 0.2) is 5.84 Å². The fourth-order valence-corrected chi connectivity index (χ4v) is 7.74. The summed E-state index contributed by atoms with van der Waals surface area (Å²) in [6.07, 6.45) is -0.221. The van der Waals surface area contributed by atoms with Gasteiger partial charge in [0.25, 0.3) is 0 Å². The summed E-state index contributed by atoms with van der Waals surface area (Å²) in [5.41, 5.74) is 10.5.